The fourth-order valence-corrected chi connectivity index (χ4v) is 4.51. The third kappa shape index (κ3) is 6.29. The molecule has 8 heteroatoms. The Bertz CT molecular complexity index is 1050. The van der Waals surface area contributed by atoms with Gasteiger partial charge in [-0.3, -0.25) is 9.79 Å². The molecule has 3 N–H and O–H groups in total. The molecule has 2 aromatic carbocycles. The molecule has 4 rings (SSSR count). The lowest BCUT2D eigenvalue weighted by Crippen LogP contribution is -2.39. The highest BCUT2D eigenvalue weighted by Crippen LogP contribution is 2.32. The first kappa shape index (κ1) is 24.2. The third-order valence-electron chi connectivity index (χ3n) is 5.17. The second-order valence-electron chi connectivity index (χ2n) is 7.44. The van der Waals surface area contributed by atoms with E-state index in [2.05, 4.69) is 39.5 Å². The minimum atomic E-state index is 0. The van der Waals surface area contributed by atoms with Gasteiger partial charge in [-0.1, -0.05) is 48.5 Å². The maximum atomic E-state index is 12.0. The van der Waals surface area contributed by atoms with Crippen LogP contribution in [0.25, 0.3) is 10.6 Å². The van der Waals surface area contributed by atoms with Crippen molar-refractivity contribution in [2.75, 3.05) is 25.0 Å². The van der Waals surface area contributed by atoms with E-state index in [1.807, 2.05) is 43.3 Å². The number of aromatic nitrogens is 1. The van der Waals surface area contributed by atoms with Gasteiger partial charge in [0.25, 0.3) is 0 Å². The molecule has 1 aliphatic heterocycles. The highest BCUT2D eigenvalue weighted by atomic mass is 127. The number of rotatable bonds is 7. The maximum absolute atomic E-state index is 12.0. The summed E-state index contributed by atoms with van der Waals surface area (Å²) in [5.41, 5.74) is 4.27. The van der Waals surface area contributed by atoms with Gasteiger partial charge in [0.1, 0.15) is 5.01 Å². The van der Waals surface area contributed by atoms with Gasteiger partial charge in [-0.05, 0) is 18.6 Å². The van der Waals surface area contributed by atoms with Gasteiger partial charge in [-0.15, -0.1) is 35.3 Å². The van der Waals surface area contributed by atoms with E-state index in [4.69, 9.17) is 9.98 Å². The summed E-state index contributed by atoms with van der Waals surface area (Å²) in [4.78, 5) is 21.5. The lowest BCUT2D eigenvalue weighted by Gasteiger charge is -2.24. The second-order valence-corrected chi connectivity index (χ2v) is 8.30. The average molecular weight is 561 g/mol. The zero-order chi connectivity index (χ0) is 21.5. The van der Waals surface area contributed by atoms with Gasteiger partial charge in [-0.2, -0.15) is 0 Å². The molecule has 6 nitrogen and oxygen atoms in total. The van der Waals surface area contributed by atoms with Crippen LogP contribution in [0.3, 0.4) is 0 Å². The van der Waals surface area contributed by atoms with Crippen molar-refractivity contribution in [2.45, 2.75) is 25.7 Å². The number of amides is 1. The van der Waals surface area contributed by atoms with Crippen molar-refractivity contribution in [3.8, 4) is 10.6 Å². The van der Waals surface area contributed by atoms with E-state index in [1.165, 1.54) is 0 Å². The number of nitrogens with zero attached hydrogens (tertiary/aromatic N) is 2. The van der Waals surface area contributed by atoms with Crippen LogP contribution in [0.4, 0.5) is 5.69 Å². The largest absolute Gasteiger partial charge is 0.357 e. The molecule has 1 aromatic heterocycles. The molecule has 1 amide bonds. The lowest BCUT2D eigenvalue weighted by atomic mass is 9.91. The Hall–Kier alpha value is -2.46. The number of hydrogen-bond donors (Lipinski definition) is 3. The van der Waals surface area contributed by atoms with E-state index < -0.39 is 0 Å². The molecule has 1 unspecified atom stereocenters. The molecule has 0 saturated heterocycles. The maximum Gasteiger partial charge on any atom is 0.225 e. The van der Waals surface area contributed by atoms with Crippen LogP contribution in [0.5, 0.6) is 0 Å². The summed E-state index contributed by atoms with van der Waals surface area (Å²) in [6.45, 7) is 4.13. The molecule has 0 saturated carbocycles. The number of para-hydroxylation sites is 1. The van der Waals surface area contributed by atoms with Crippen molar-refractivity contribution in [1.82, 2.24) is 15.6 Å². The van der Waals surface area contributed by atoms with Crippen molar-refractivity contribution < 1.29 is 4.79 Å². The zero-order valence-corrected chi connectivity index (χ0v) is 21.2. The molecule has 0 aliphatic carbocycles. The molecule has 1 atom stereocenters. The Morgan fingerprint density at radius 2 is 1.94 bits per heavy atom. The van der Waals surface area contributed by atoms with Crippen LogP contribution in [-0.4, -0.2) is 36.5 Å². The van der Waals surface area contributed by atoms with Gasteiger partial charge in [0.2, 0.25) is 5.91 Å². The number of fused-ring (bicyclic) bond motifs is 1. The van der Waals surface area contributed by atoms with E-state index >= 15 is 0 Å². The first-order valence-electron chi connectivity index (χ1n) is 10.6. The number of thiazole rings is 1. The van der Waals surface area contributed by atoms with Crippen LogP contribution in [0.1, 0.15) is 30.5 Å². The Balaban J connectivity index is 0.00000289. The van der Waals surface area contributed by atoms with E-state index in [9.17, 15) is 4.79 Å². The normalized spacial score (nSPS) is 15.3. The van der Waals surface area contributed by atoms with Crippen LogP contribution in [0.2, 0.25) is 0 Å². The standard InChI is InChI=1S/C24H27N5OS.HI/c1-2-25-24(27-15-18-14-22(30)29-21-11-7-6-10-20(18)21)26-13-12-19-16-31-23(28-19)17-8-4-3-5-9-17;/h3-11,16,18H,2,12-15H2,1H3,(H,29,30)(H2,25,26,27);1H. The molecule has 32 heavy (non-hydrogen) atoms. The Kier molecular flexibility index (Phi) is 9.04. The fourth-order valence-electron chi connectivity index (χ4n) is 3.65. The predicted molar refractivity (Wildman–Crippen MR) is 143 cm³/mol. The van der Waals surface area contributed by atoms with Crippen LogP contribution >= 0.6 is 35.3 Å². The predicted octanol–water partition coefficient (Wildman–Crippen LogP) is 4.65. The number of aliphatic imine (C=N–C) groups is 1. The number of carbonyl (C=O) groups is 1. The number of halogens is 1. The third-order valence-corrected chi connectivity index (χ3v) is 6.11. The van der Waals surface area contributed by atoms with Crippen LogP contribution in [0.15, 0.2) is 65.0 Å². The Morgan fingerprint density at radius 3 is 2.75 bits per heavy atom. The van der Waals surface area contributed by atoms with E-state index in [1.54, 1.807) is 11.3 Å². The monoisotopic (exact) mass is 561 g/mol. The summed E-state index contributed by atoms with van der Waals surface area (Å²) in [6.07, 6.45) is 1.28. The molecular formula is C24H28IN5OS. The second kappa shape index (κ2) is 12.0. The number of benzene rings is 2. The zero-order valence-electron chi connectivity index (χ0n) is 18.0. The molecule has 3 aromatic rings. The number of hydrogen-bond acceptors (Lipinski definition) is 4. The molecule has 168 valence electrons. The van der Waals surface area contributed by atoms with Crippen LogP contribution < -0.4 is 16.0 Å². The van der Waals surface area contributed by atoms with Crippen LogP contribution in [0, 0.1) is 0 Å². The summed E-state index contributed by atoms with van der Waals surface area (Å²) in [5, 5.41) is 12.8. The van der Waals surface area contributed by atoms with Gasteiger partial charge >= 0.3 is 0 Å². The molecule has 0 spiro atoms. The summed E-state index contributed by atoms with van der Waals surface area (Å²) < 4.78 is 0. The molecule has 2 heterocycles. The number of carbonyl (C=O) groups excluding carboxylic acids is 1. The van der Waals surface area contributed by atoms with Gasteiger partial charge in [0.15, 0.2) is 5.96 Å². The van der Waals surface area contributed by atoms with Crippen molar-refractivity contribution in [3.63, 3.8) is 0 Å². The smallest absolute Gasteiger partial charge is 0.225 e. The summed E-state index contributed by atoms with van der Waals surface area (Å²) in [7, 11) is 0. The molecule has 1 aliphatic rings. The van der Waals surface area contributed by atoms with E-state index in [0.717, 1.165) is 53.0 Å². The van der Waals surface area contributed by atoms with Gasteiger partial charge in [-0.25, -0.2) is 4.98 Å². The molecular weight excluding hydrogens is 533 g/mol. The average Bonchev–Trinajstić information content (AvgIpc) is 3.27. The first-order chi connectivity index (χ1) is 15.2. The first-order valence-corrected chi connectivity index (χ1v) is 11.5. The van der Waals surface area contributed by atoms with E-state index in [0.29, 0.717) is 13.0 Å². The van der Waals surface area contributed by atoms with Gasteiger partial charge < -0.3 is 16.0 Å². The van der Waals surface area contributed by atoms with E-state index in [-0.39, 0.29) is 35.8 Å². The SMILES string of the molecule is CCNC(=NCC1CC(=O)Nc2ccccc21)NCCc1csc(-c2ccccc2)n1.I. The van der Waals surface area contributed by atoms with Crippen molar-refractivity contribution >= 4 is 52.9 Å². The molecule has 0 radical (unpaired) electrons. The minimum Gasteiger partial charge on any atom is -0.357 e. The highest BCUT2D eigenvalue weighted by Gasteiger charge is 2.24. The Morgan fingerprint density at radius 1 is 1.16 bits per heavy atom. The van der Waals surface area contributed by atoms with Crippen LogP contribution in [-0.2, 0) is 11.2 Å². The Labute approximate surface area is 210 Å². The molecule has 0 bridgehead atoms. The quantitative estimate of drug-likeness (QED) is 0.223. The topological polar surface area (TPSA) is 78.4 Å². The van der Waals surface area contributed by atoms with Gasteiger partial charge in [0.05, 0.1) is 12.2 Å². The summed E-state index contributed by atoms with van der Waals surface area (Å²) in [5.74, 6) is 0.909. The number of nitrogens with one attached hydrogen (secondary N) is 3. The number of guanidine groups is 1. The fraction of sp³-hybridized carbons (Fsp3) is 0.292. The van der Waals surface area contributed by atoms with Crippen molar-refractivity contribution in [1.29, 1.82) is 0 Å². The van der Waals surface area contributed by atoms with Gasteiger partial charge in [0, 0.05) is 48.5 Å². The van der Waals surface area contributed by atoms with Crippen molar-refractivity contribution in [2.24, 2.45) is 4.99 Å². The number of anilines is 1. The van der Waals surface area contributed by atoms with Crippen molar-refractivity contribution in [3.05, 3.63) is 71.2 Å². The highest BCUT2D eigenvalue weighted by molar-refractivity contribution is 14.0. The molecule has 0 fully saturated rings. The minimum absolute atomic E-state index is 0. The summed E-state index contributed by atoms with van der Waals surface area (Å²) in [6, 6.07) is 18.2. The summed E-state index contributed by atoms with van der Waals surface area (Å²) >= 11 is 1.67. The lowest BCUT2D eigenvalue weighted by molar-refractivity contribution is -0.116.